The average Bonchev–Trinajstić information content (AvgIpc) is 3.48. The van der Waals surface area contributed by atoms with Crippen LogP contribution in [0.25, 0.3) is 0 Å². The Bertz CT molecular complexity index is 929. The molecule has 1 amide bonds. The van der Waals surface area contributed by atoms with Gasteiger partial charge in [0.1, 0.15) is 5.60 Å². The maximum atomic E-state index is 13.1. The third kappa shape index (κ3) is 6.27. The van der Waals surface area contributed by atoms with Crippen LogP contribution in [0, 0.1) is 11.8 Å². The first-order chi connectivity index (χ1) is 15.7. The Hall–Kier alpha value is -2.11. The fraction of sp³-hybridized carbons (Fsp3) is 0.556. The maximum absolute atomic E-state index is 13.1. The van der Waals surface area contributed by atoms with Crippen LogP contribution in [-0.4, -0.2) is 52.2 Å². The number of nitrogens with zero attached hydrogens (tertiary/aromatic N) is 3. The summed E-state index contributed by atoms with van der Waals surface area (Å²) in [6.07, 6.45) is 5.12. The van der Waals surface area contributed by atoms with Gasteiger partial charge in [-0.2, -0.15) is 0 Å². The topological polar surface area (TPSA) is 45.7 Å². The van der Waals surface area contributed by atoms with E-state index < -0.39 is 5.60 Å². The molecule has 1 aromatic carbocycles. The zero-order valence-electron chi connectivity index (χ0n) is 20.2. The van der Waals surface area contributed by atoms with Crippen LogP contribution >= 0.6 is 11.6 Å². The van der Waals surface area contributed by atoms with Crippen molar-refractivity contribution in [3.8, 4) is 0 Å². The first-order valence-electron chi connectivity index (χ1n) is 12.1. The summed E-state index contributed by atoms with van der Waals surface area (Å²) in [6.45, 7) is 10.3. The summed E-state index contributed by atoms with van der Waals surface area (Å²) in [5, 5.41) is 0.727. The van der Waals surface area contributed by atoms with Crippen molar-refractivity contribution in [1.29, 1.82) is 0 Å². The number of hydrogen-bond donors (Lipinski definition) is 0. The predicted molar refractivity (Wildman–Crippen MR) is 132 cm³/mol. The summed E-state index contributed by atoms with van der Waals surface area (Å²) in [4.78, 5) is 22.2. The highest BCUT2D eigenvalue weighted by molar-refractivity contribution is 6.30. The van der Waals surface area contributed by atoms with E-state index in [0.29, 0.717) is 6.54 Å². The van der Waals surface area contributed by atoms with Crippen molar-refractivity contribution in [3.05, 3.63) is 64.9 Å². The van der Waals surface area contributed by atoms with Crippen molar-refractivity contribution >= 4 is 17.7 Å². The normalized spacial score (nSPS) is 24.4. The van der Waals surface area contributed by atoms with Gasteiger partial charge in [0.2, 0.25) is 0 Å². The predicted octanol–water partition coefficient (Wildman–Crippen LogP) is 6.18. The Morgan fingerprint density at radius 2 is 1.88 bits per heavy atom. The molecule has 2 unspecified atom stereocenters. The molecular formula is C27H36ClN3O2. The van der Waals surface area contributed by atoms with Crippen molar-refractivity contribution in [2.24, 2.45) is 11.8 Å². The Kier molecular flexibility index (Phi) is 7.30. The molecule has 5 nitrogen and oxygen atoms in total. The van der Waals surface area contributed by atoms with Crippen LogP contribution in [0.2, 0.25) is 5.02 Å². The number of ether oxygens (including phenoxy) is 1. The van der Waals surface area contributed by atoms with Crippen molar-refractivity contribution in [2.45, 2.75) is 64.6 Å². The van der Waals surface area contributed by atoms with Crippen LogP contribution in [0.15, 0.2) is 48.7 Å². The molecule has 178 valence electrons. The quantitative estimate of drug-likeness (QED) is 0.506. The molecule has 2 aromatic rings. The first kappa shape index (κ1) is 24.0. The van der Waals surface area contributed by atoms with E-state index in [1.54, 1.807) is 0 Å². The van der Waals surface area contributed by atoms with Crippen LogP contribution in [-0.2, 0) is 4.74 Å². The molecule has 1 aliphatic carbocycles. The highest BCUT2D eigenvalue weighted by Gasteiger charge is 2.39. The van der Waals surface area contributed by atoms with E-state index in [1.807, 2.05) is 56.1 Å². The highest BCUT2D eigenvalue weighted by atomic mass is 35.5. The van der Waals surface area contributed by atoms with Gasteiger partial charge in [-0.05, 0) is 81.7 Å². The molecule has 0 spiro atoms. The SMILES string of the molecule is CC1CC1CC[C@H]1CN([C@H](c2ccc(Cl)cc2)c2ccccn2)CCN1C(=O)OC(C)(C)C. The number of piperazine rings is 1. The van der Waals surface area contributed by atoms with Gasteiger partial charge in [-0.25, -0.2) is 4.79 Å². The molecule has 0 N–H and O–H groups in total. The number of pyridine rings is 1. The number of aromatic nitrogens is 1. The van der Waals surface area contributed by atoms with Gasteiger partial charge in [0, 0.05) is 36.9 Å². The second-order valence-electron chi connectivity index (χ2n) is 10.6. The molecule has 4 rings (SSSR count). The van der Waals surface area contributed by atoms with Gasteiger partial charge in [-0.15, -0.1) is 0 Å². The second kappa shape index (κ2) is 10.0. The van der Waals surface area contributed by atoms with Crippen LogP contribution < -0.4 is 0 Å². The van der Waals surface area contributed by atoms with Crippen LogP contribution in [0.5, 0.6) is 0 Å². The number of hydrogen-bond acceptors (Lipinski definition) is 4. The molecular weight excluding hydrogens is 434 g/mol. The third-order valence-electron chi connectivity index (χ3n) is 6.81. The van der Waals surface area contributed by atoms with Crippen LogP contribution in [0.3, 0.4) is 0 Å². The minimum Gasteiger partial charge on any atom is -0.444 e. The molecule has 2 fully saturated rings. The Morgan fingerprint density at radius 1 is 1.15 bits per heavy atom. The lowest BCUT2D eigenvalue weighted by atomic mass is 9.97. The number of benzene rings is 1. The summed E-state index contributed by atoms with van der Waals surface area (Å²) in [5.41, 5.74) is 1.68. The van der Waals surface area contributed by atoms with E-state index in [-0.39, 0.29) is 18.2 Å². The van der Waals surface area contributed by atoms with Gasteiger partial charge in [0.25, 0.3) is 0 Å². The van der Waals surface area contributed by atoms with Gasteiger partial charge in [-0.3, -0.25) is 9.88 Å². The van der Waals surface area contributed by atoms with Crippen molar-refractivity contribution in [1.82, 2.24) is 14.8 Å². The maximum Gasteiger partial charge on any atom is 0.410 e. The summed E-state index contributed by atoms with van der Waals surface area (Å²) in [6, 6.07) is 14.3. The molecule has 1 saturated heterocycles. The number of halogens is 1. The van der Waals surface area contributed by atoms with Crippen LogP contribution in [0.1, 0.15) is 64.3 Å². The minimum absolute atomic E-state index is 0.0200. The van der Waals surface area contributed by atoms with Crippen molar-refractivity contribution in [3.63, 3.8) is 0 Å². The third-order valence-corrected chi connectivity index (χ3v) is 7.06. The Morgan fingerprint density at radius 3 is 2.48 bits per heavy atom. The molecule has 1 aliphatic heterocycles. The van der Waals surface area contributed by atoms with Gasteiger partial charge >= 0.3 is 6.09 Å². The number of rotatable bonds is 6. The molecule has 0 bridgehead atoms. The van der Waals surface area contributed by atoms with E-state index in [4.69, 9.17) is 21.3 Å². The number of carbonyl (C=O) groups excluding carboxylic acids is 1. The lowest BCUT2D eigenvalue weighted by molar-refractivity contribution is -0.00756. The number of amides is 1. The average molecular weight is 470 g/mol. The molecule has 4 atom stereocenters. The van der Waals surface area contributed by atoms with Gasteiger partial charge < -0.3 is 9.64 Å². The summed E-state index contributed by atoms with van der Waals surface area (Å²) >= 11 is 6.18. The first-order valence-corrected chi connectivity index (χ1v) is 12.5. The van der Waals surface area contributed by atoms with E-state index in [1.165, 1.54) is 12.0 Å². The molecule has 1 saturated carbocycles. The summed E-state index contributed by atoms with van der Waals surface area (Å²) in [7, 11) is 0. The fourth-order valence-electron chi connectivity index (χ4n) is 4.88. The van der Waals surface area contributed by atoms with Gasteiger partial charge in [0.05, 0.1) is 11.7 Å². The summed E-state index contributed by atoms with van der Waals surface area (Å²) in [5.74, 6) is 1.61. The second-order valence-corrected chi connectivity index (χ2v) is 11.0. The van der Waals surface area contributed by atoms with Gasteiger partial charge in [0.15, 0.2) is 0 Å². The smallest absolute Gasteiger partial charge is 0.410 e. The standard InChI is InChI=1S/C27H36ClN3O2/c1-19-17-21(19)10-13-23-18-30(15-16-31(23)26(32)33-27(2,3)4)25(24-7-5-6-14-29-24)20-8-11-22(28)12-9-20/h5-9,11-12,14,19,21,23,25H,10,13,15-18H2,1-4H3/t19?,21?,23-,25+/m0/s1. The largest absolute Gasteiger partial charge is 0.444 e. The van der Waals surface area contributed by atoms with E-state index in [0.717, 1.165) is 48.5 Å². The lowest BCUT2D eigenvalue weighted by Crippen LogP contribution is -2.56. The molecule has 0 radical (unpaired) electrons. The molecule has 2 aliphatic rings. The molecule has 33 heavy (non-hydrogen) atoms. The molecule has 1 aromatic heterocycles. The zero-order chi connectivity index (χ0) is 23.6. The minimum atomic E-state index is -0.496. The zero-order valence-corrected chi connectivity index (χ0v) is 21.0. The summed E-state index contributed by atoms with van der Waals surface area (Å²) < 4.78 is 5.77. The van der Waals surface area contributed by atoms with E-state index in [9.17, 15) is 4.79 Å². The molecule has 2 heterocycles. The van der Waals surface area contributed by atoms with Crippen LogP contribution in [0.4, 0.5) is 4.79 Å². The van der Waals surface area contributed by atoms with E-state index >= 15 is 0 Å². The Balaban J connectivity index is 1.58. The van der Waals surface area contributed by atoms with Gasteiger partial charge in [-0.1, -0.05) is 36.7 Å². The molecule has 6 heteroatoms. The Labute approximate surface area is 203 Å². The van der Waals surface area contributed by atoms with E-state index in [2.05, 4.69) is 30.0 Å². The highest BCUT2D eigenvalue weighted by Crippen LogP contribution is 2.42. The van der Waals surface area contributed by atoms with Crippen molar-refractivity contribution in [2.75, 3.05) is 19.6 Å². The van der Waals surface area contributed by atoms with Crippen molar-refractivity contribution < 1.29 is 9.53 Å². The lowest BCUT2D eigenvalue weighted by Gasteiger charge is -2.44. The monoisotopic (exact) mass is 469 g/mol. The number of carbonyl (C=O) groups is 1. The fourth-order valence-corrected chi connectivity index (χ4v) is 5.01.